The summed E-state index contributed by atoms with van der Waals surface area (Å²) >= 11 is 0. The van der Waals surface area contributed by atoms with Crippen LogP contribution in [0.25, 0.3) is 0 Å². The van der Waals surface area contributed by atoms with E-state index >= 15 is 0 Å². The minimum absolute atomic E-state index is 0.119. The van der Waals surface area contributed by atoms with Crippen molar-refractivity contribution in [2.75, 3.05) is 0 Å². The Morgan fingerprint density at radius 3 is 0.938 bits per heavy atom. The van der Waals surface area contributed by atoms with Crippen LogP contribution >= 0.6 is 0 Å². The first-order chi connectivity index (χ1) is 20.5. The fourth-order valence-electron chi connectivity index (χ4n) is 2.89. The van der Waals surface area contributed by atoms with Gasteiger partial charge in [0.2, 0.25) is 0 Å². The molecule has 0 unspecified atom stereocenters. The quantitative estimate of drug-likeness (QED) is 0.160. The molecule has 48 heavy (non-hydrogen) atoms. The Morgan fingerprint density at radius 1 is 0.417 bits per heavy atom. The Morgan fingerprint density at radius 2 is 0.667 bits per heavy atom. The van der Waals surface area contributed by atoms with Crippen LogP contribution in [-0.4, -0.2) is 84.5 Å². The Hall–Kier alpha value is -2.82. The fourth-order valence-corrected chi connectivity index (χ4v) is 3.50. The minimum Gasteiger partial charge on any atom is -0.426 e. The van der Waals surface area contributed by atoms with E-state index in [-0.39, 0.29) is 18.2 Å². The van der Waals surface area contributed by atoms with Crippen molar-refractivity contribution in [1.82, 2.24) is 0 Å². The second-order valence-corrected chi connectivity index (χ2v) is 10.2. The van der Waals surface area contributed by atoms with Crippen molar-refractivity contribution in [1.29, 1.82) is 0 Å². The fraction of sp³-hybridized carbons (Fsp3) is 0.667. The summed E-state index contributed by atoms with van der Waals surface area (Å²) in [5.41, 5.74) is 0. The number of ether oxygens (including phenoxy) is 1. The summed E-state index contributed by atoms with van der Waals surface area (Å²) in [4.78, 5) is -2.16. The zero-order valence-corrected chi connectivity index (χ0v) is 21.7. The van der Waals surface area contributed by atoms with Gasteiger partial charge in [0.25, 0.3) is 10.1 Å². The van der Waals surface area contributed by atoms with E-state index in [0.717, 1.165) is 0 Å². The van der Waals surface area contributed by atoms with E-state index in [1.54, 1.807) is 0 Å². The van der Waals surface area contributed by atoms with Gasteiger partial charge < -0.3 is 4.74 Å². The Labute approximate surface area is 245 Å². The lowest BCUT2D eigenvalue weighted by Crippen LogP contribution is -2.78. The molecule has 0 fully saturated rings. The standard InChI is InChI=1S/C18H5F25O4S/c19-7(20,9(23,24)11(27,28)13(31,32)15(35,36)17(39,40)41)8(21,22)10(25,26)12(29,30)14(33,34)16(37,38)18(42,43)47-5-3-1-2-4-6(5)48(44,45)46/h1-4H,(H,44,45,46). The highest BCUT2D eigenvalue weighted by atomic mass is 32.2. The molecule has 0 aliphatic rings. The number of halogens is 25. The van der Waals surface area contributed by atoms with Crippen LogP contribution < -0.4 is 4.74 Å². The van der Waals surface area contributed by atoms with Crippen molar-refractivity contribution >= 4 is 10.1 Å². The number of para-hydroxylation sites is 1. The normalized spacial score (nSPS) is 16.3. The second kappa shape index (κ2) is 11.1. The molecule has 0 saturated carbocycles. The van der Waals surface area contributed by atoms with Gasteiger partial charge >= 0.3 is 71.5 Å². The highest BCUT2D eigenvalue weighted by Crippen LogP contribution is 2.67. The first-order valence-corrected chi connectivity index (χ1v) is 11.9. The highest BCUT2D eigenvalue weighted by molar-refractivity contribution is 7.86. The monoisotopic (exact) mass is 792 g/mol. The third-order valence-electron chi connectivity index (χ3n) is 5.64. The van der Waals surface area contributed by atoms with Gasteiger partial charge in [-0.1, -0.05) is 12.1 Å². The molecule has 282 valence electrons. The zero-order chi connectivity index (χ0) is 39.2. The van der Waals surface area contributed by atoms with Gasteiger partial charge in [0.15, 0.2) is 0 Å². The number of hydrogen-bond acceptors (Lipinski definition) is 3. The van der Waals surface area contributed by atoms with Gasteiger partial charge in [-0.15, -0.1) is 0 Å². The summed E-state index contributed by atoms with van der Waals surface area (Å²) in [6, 6.07) is 0.169. The number of benzene rings is 1. The van der Waals surface area contributed by atoms with Gasteiger partial charge in [0.05, 0.1) is 0 Å². The van der Waals surface area contributed by atoms with Crippen LogP contribution in [0.15, 0.2) is 29.2 Å². The van der Waals surface area contributed by atoms with Gasteiger partial charge in [-0.2, -0.15) is 118 Å². The van der Waals surface area contributed by atoms with Crippen molar-refractivity contribution in [3.63, 3.8) is 0 Å². The molecule has 0 aliphatic carbocycles. The molecule has 1 rings (SSSR count). The molecule has 0 bridgehead atoms. The summed E-state index contributed by atoms with van der Waals surface area (Å²) < 4.78 is 370. The van der Waals surface area contributed by atoms with Crippen molar-refractivity contribution < 1.29 is 127 Å². The Kier molecular flexibility index (Phi) is 9.98. The molecule has 1 aromatic carbocycles. The molecule has 0 saturated heterocycles. The molecule has 0 spiro atoms. The Bertz CT molecular complexity index is 1460. The lowest BCUT2D eigenvalue weighted by molar-refractivity contribution is -0.486. The lowest BCUT2D eigenvalue weighted by Gasteiger charge is -2.45. The molecule has 4 nitrogen and oxygen atoms in total. The SMILES string of the molecule is O=S(=O)(O)c1ccccc1OC(F)(F)C(F)(F)C(F)(F)C(F)(F)C(F)(F)C(F)(F)C(F)(F)C(F)(F)C(F)(F)C(F)(F)C(F)(F)C(F)(F)F. The zero-order valence-electron chi connectivity index (χ0n) is 20.8. The predicted molar refractivity (Wildman–Crippen MR) is 97.4 cm³/mol. The van der Waals surface area contributed by atoms with Crippen LogP contribution in [0.2, 0.25) is 0 Å². The first kappa shape index (κ1) is 43.2. The van der Waals surface area contributed by atoms with Crippen LogP contribution in [0.4, 0.5) is 110 Å². The van der Waals surface area contributed by atoms with Crippen molar-refractivity contribution in [2.24, 2.45) is 0 Å². The highest BCUT2D eigenvalue weighted by Gasteiger charge is 2.99. The van der Waals surface area contributed by atoms with Crippen LogP contribution in [0.5, 0.6) is 5.75 Å². The average molecular weight is 792 g/mol. The van der Waals surface area contributed by atoms with Gasteiger partial charge in [-0.3, -0.25) is 4.55 Å². The third kappa shape index (κ3) is 5.50. The smallest absolute Gasteiger partial charge is 0.426 e. The molecule has 0 amide bonds. The van der Waals surface area contributed by atoms with E-state index in [2.05, 4.69) is 4.74 Å². The summed E-state index contributed by atoms with van der Waals surface area (Å²) in [7, 11) is -5.96. The molecule has 30 heteroatoms. The van der Waals surface area contributed by atoms with E-state index in [9.17, 15) is 118 Å². The number of rotatable bonds is 13. The van der Waals surface area contributed by atoms with Gasteiger partial charge in [-0.25, -0.2) is 0 Å². The van der Waals surface area contributed by atoms with Gasteiger partial charge in [0, 0.05) is 0 Å². The molecule has 0 aromatic heterocycles. The maximum atomic E-state index is 14.0. The summed E-state index contributed by atoms with van der Waals surface area (Å²) in [5, 5.41) is 0. The van der Waals surface area contributed by atoms with Gasteiger partial charge in [0.1, 0.15) is 10.6 Å². The molecular formula is C18H5F25O4S. The number of alkyl halides is 25. The van der Waals surface area contributed by atoms with E-state index in [1.165, 1.54) is 0 Å². The van der Waals surface area contributed by atoms with E-state index in [4.69, 9.17) is 4.55 Å². The first-order valence-electron chi connectivity index (χ1n) is 10.4. The third-order valence-corrected chi connectivity index (χ3v) is 6.53. The topological polar surface area (TPSA) is 63.6 Å². The van der Waals surface area contributed by atoms with Crippen LogP contribution in [0, 0.1) is 0 Å². The maximum absolute atomic E-state index is 14.0. The van der Waals surface area contributed by atoms with Crippen LogP contribution in [0.1, 0.15) is 0 Å². The van der Waals surface area contributed by atoms with Gasteiger partial charge in [-0.05, 0) is 12.1 Å². The Balaban J connectivity index is 3.90. The minimum atomic E-state index is -9.73. The van der Waals surface area contributed by atoms with Crippen LogP contribution in [0.3, 0.4) is 0 Å². The molecule has 0 atom stereocenters. The predicted octanol–water partition coefficient (Wildman–Crippen LogP) is 8.82. The lowest BCUT2D eigenvalue weighted by atomic mass is 9.85. The van der Waals surface area contributed by atoms with Crippen LogP contribution in [-0.2, 0) is 10.1 Å². The van der Waals surface area contributed by atoms with E-state index < -0.39 is 92.3 Å². The van der Waals surface area contributed by atoms with Crippen molar-refractivity contribution in [3.05, 3.63) is 24.3 Å². The van der Waals surface area contributed by atoms with E-state index in [0.29, 0.717) is 6.07 Å². The van der Waals surface area contributed by atoms with E-state index in [1.807, 2.05) is 0 Å². The maximum Gasteiger partial charge on any atom is 0.471 e. The molecule has 1 aromatic rings. The summed E-state index contributed by atoms with van der Waals surface area (Å²) in [5.74, 6) is -95.8. The largest absolute Gasteiger partial charge is 0.471 e. The average Bonchev–Trinajstić information content (AvgIpc) is 2.86. The second-order valence-electron chi connectivity index (χ2n) is 8.78. The molecule has 0 aliphatic heterocycles. The molecule has 0 heterocycles. The molecular weight excluding hydrogens is 787 g/mol. The van der Waals surface area contributed by atoms with Crippen molar-refractivity contribution in [2.45, 2.75) is 76.4 Å². The van der Waals surface area contributed by atoms with Crippen molar-refractivity contribution in [3.8, 4) is 5.75 Å². The summed E-state index contributed by atoms with van der Waals surface area (Å²) in [6.45, 7) is 0. The summed E-state index contributed by atoms with van der Waals surface area (Å²) in [6.07, 6.45) is -15.9. The molecule has 0 radical (unpaired) electrons. The number of hydrogen-bond donors (Lipinski definition) is 1. The molecule has 1 N–H and O–H groups in total.